The van der Waals surface area contributed by atoms with Gasteiger partial charge in [-0.2, -0.15) is 13.2 Å². The zero-order valence-corrected chi connectivity index (χ0v) is 17.2. The molecule has 2 aromatic rings. The average molecular weight is 405 g/mol. The molecule has 1 saturated heterocycles. The number of alkyl halides is 3. The summed E-state index contributed by atoms with van der Waals surface area (Å²) in [5.41, 5.74) is 4.49. The van der Waals surface area contributed by atoms with Crippen molar-refractivity contribution in [1.29, 1.82) is 0 Å². The summed E-state index contributed by atoms with van der Waals surface area (Å²) in [6.07, 6.45) is -3.48. The molecular weight excluding hydrogens is 379 g/mol. The predicted octanol–water partition coefficient (Wildman–Crippen LogP) is 4.55. The molecule has 7 heteroatoms. The van der Waals surface area contributed by atoms with Crippen LogP contribution < -0.4 is 4.90 Å². The van der Waals surface area contributed by atoms with E-state index in [1.54, 1.807) is 6.92 Å². The highest BCUT2D eigenvalue weighted by molar-refractivity contribution is 5.97. The van der Waals surface area contributed by atoms with E-state index in [9.17, 15) is 18.0 Å². The molecule has 0 N–H and O–H groups in total. The SMILES string of the molecule is CC(=O)c1c(C)cc(C)c(CN2CCN(c3ccc(C(F)(F)F)cn3)CC2)c1C. The maximum absolute atomic E-state index is 12.7. The van der Waals surface area contributed by atoms with Gasteiger partial charge in [0.1, 0.15) is 5.82 Å². The molecule has 1 aliphatic heterocycles. The molecule has 1 aromatic heterocycles. The van der Waals surface area contributed by atoms with Crippen molar-refractivity contribution >= 4 is 11.6 Å². The number of benzene rings is 1. The number of piperazine rings is 1. The lowest BCUT2D eigenvalue weighted by Gasteiger charge is -2.36. The Morgan fingerprint density at radius 2 is 1.72 bits per heavy atom. The van der Waals surface area contributed by atoms with Crippen LogP contribution in [0.5, 0.6) is 0 Å². The number of hydrogen-bond acceptors (Lipinski definition) is 4. The molecule has 4 nitrogen and oxygen atoms in total. The molecule has 0 bridgehead atoms. The Bertz CT molecular complexity index is 899. The van der Waals surface area contributed by atoms with E-state index in [1.807, 2.05) is 18.7 Å². The van der Waals surface area contributed by atoms with Gasteiger partial charge in [-0.15, -0.1) is 0 Å². The highest BCUT2D eigenvalue weighted by Crippen LogP contribution is 2.30. The van der Waals surface area contributed by atoms with Crippen LogP contribution in [0.15, 0.2) is 24.4 Å². The number of aromatic nitrogens is 1. The molecule has 29 heavy (non-hydrogen) atoms. The topological polar surface area (TPSA) is 36.4 Å². The number of carbonyl (C=O) groups is 1. The summed E-state index contributed by atoms with van der Waals surface area (Å²) in [7, 11) is 0. The lowest BCUT2D eigenvalue weighted by atomic mass is 9.91. The highest BCUT2D eigenvalue weighted by Gasteiger charge is 2.31. The molecular formula is C22H26F3N3O. The number of halogens is 3. The smallest absolute Gasteiger partial charge is 0.354 e. The van der Waals surface area contributed by atoms with Gasteiger partial charge < -0.3 is 4.90 Å². The number of carbonyl (C=O) groups excluding carboxylic acids is 1. The third-order valence-corrected chi connectivity index (χ3v) is 5.64. The first-order valence-corrected chi connectivity index (χ1v) is 9.69. The van der Waals surface area contributed by atoms with E-state index in [0.717, 1.165) is 48.6 Å². The fourth-order valence-electron chi connectivity index (χ4n) is 4.11. The lowest BCUT2D eigenvalue weighted by Crippen LogP contribution is -2.46. The fraction of sp³-hybridized carbons (Fsp3) is 0.455. The van der Waals surface area contributed by atoms with Gasteiger partial charge >= 0.3 is 6.18 Å². The summed E-state index contributed by atoms with van der Waals surface area (Å²) >= 11 is 0. The number of anilines is 1. The molecule has 1 aromatic carbocycles. The van der Waals surface area contributed by atoms with Crippen molar-refractivity contribution < 1.29 is 18.0 Å². The first kappa shape index (κ1) is 21.3. The second kappa shape index (κ2) is 8.14. The first-order valence-electron chi connectivity index (χ1n) is 9.69. The van der Waals surface area contributed by atoms with Crippen molar-refractivity contribution in [2.75, 3.05) is 31.1 Å². The summed E-state index contributed by atoms with van der Waals surface area (Å²) < 4.78 is 38.1. The number of hydrogen-bond donors (Lipinski definition) is 0. The van der Waals surface area contributed by atoms with Crippen molar-refractivity contribution in [3.05, 3.63) is 57.8 Å². The Morgan fingerprint density at radius 1 is 1.07 bits per heavy atom. The number of ketones is 1. The van der Waals surface area contributed by atoms with E-state index < -0.39 is 11.7 Å². The van der Waals surface area contributed by atoms with Gasteiger partial charge in [0.15, 0.2) is 5.78 Å². The summed E-state index contributed by atoms with van der Waals surface area (Å²) in [4.78, 5) is 20.3. The van der Waals surface area contributed by atoms with Gasteiger partial charge in [-0.05, 0) is 62.1 Å². The van der Waals surface area contributed by atoms with Crippen LogP contribution in [0, 0.1) is 20.8 Å². The molecule has 0 aliphatic carbocycles. The third-order valence-electron chi connectivity index (χ3n) is 5.64. The van der Waals surface area contributed by atoms with Crippen LogP contribution in [0.3, 0.4) is 0 Å². The van der Waals surface area contributed by atoms with E-state index in [-0.39, 0.29) is 5.78 Å². The summed E-state index contributed by atoms with van der Waals surface area (Å²) in [5.74, 6) is 0.652. The Kier molecular flexibility index (Phi) is 5.98. The van der Waals surface area contributed by atoms with Crippen LogP contribution in [0.4, 0.5) is 19.0 Å². The summed E-state index contributed by atoms with van der Waals surface area (Å²) in [5, 5.41) is 0. The monoisotopic (exact) mass is 405 g/mol. The summed E-state index contributed by atoms with van der Waals surface area (Å²) in [6.45, 7) is 11.4. The number of rotatable bonds is 4. The standard InChI is InChI=1S/C22H26F3N3O/c1-14-11-15(2)21(17(4)29)16(3)19(14)13-27-7-9-28(10-8-27)20-6-5-18(12-26-20)22(23,24)25/h5-6,11-12H,7-10,13H2,1-4H3. The van der Waals surface area contributed by atoms with Crippen LogP contribution in [-0.2, 0) is 12.7 Å². The first-order chi connectivity index (χ1) is 13.6. The Morgan fingerprint density at radius 3 is 2.24 bits per heavy atom. The summed E-state index contributed by atoms with van der Waals surface area (Å²) in [6, 6.07) is 4.59. The Hall–Kier alpha value is -2.41. The zero-order valence-electron chi connectivity index (χ0n) is 17.2. The van der Waals surface area contributed by atoms with Gasteiger partial charge in [-0.25, -0.2) is 4.98 Å². The molecule has 1 aliphatic rings. The van der Waals surface area contributed by atoms with Gasteiger partial charge in [0, 0.05) is 44.5 Å². The van der Waals surface area contributed by atoms with Crippen LogP contribution >= 0.6 is 0 Å². The predicted molar refractivity (Wildman–Crippen MR) is 107 cm³/mol. The fourth-order valence-corrected chi connectivity index (χ4v) is 4.11. The molecule has 3 rings (SSSR count). The van der Waals surface area contributed by atoms with Crippen LogP contribution in [0.1, 0.15) is 45.1 Å². The van der Waals surface area contributed by atoms with Crippen molar-refractivity contribution in [3.8, 4) is 0 Å². The van der Waals surface area contributed by atoms with Crippen molar-refractivity contribution in [3.63, 3.8) is 0 Å². The molecule has 0 radical (unpaired) electrons. The van der Waals surface area contributed by atoms with E-state index in [2.05, 4.69) is 22.9 Å². The molecule has 0 amide bonds. The number of aryl methyl sites for hydroxylation is 2. The minimum Gasteiger partial charge on any atom is -0.354 e. The van der Waals surface area contributed by atoms with Crippen molar-refractivity contribution in [1.82, 2.24) is 9.88 Å². The third kappa shape index (κ3) is 4.61. The van der Waals surface area contributed by atoms with E-state index in [4.69, 9.17) is 0 Å². The van der Waals surface area contributed by atoms with E-state index >= 15 is 0 Å². The second-order valence-electron chi connectivity index (χ2n) is 7.71. The minimum atomic E-state index is -4.37. The van der Waals surface area contributed by atoms with E-state index in [0.29, 0.717) is 18.9 Å². The van der Waals surface area contributed by atoms with Gasteiger partial charge in [0.05, 0.1) is 5.56 Å². The maximum Gasteiger partial charge on any atom is 0.417 e. The molecule has 0 saturated carbocycles. The van der Waals surface area contributed by atoms with Gasteiger partial charge in [-0.1, -0.05) is 6.07 Å². The number of Topliss-reactive ketones (excluding diaryl/α,β-unsaturated/α-hetero) is 1. The quantitative estimate of drug-likeness (QED) is 0.700. The van der Waals surface area contributed by atoms with Crippen molar-refractivity contribution in [2.24, 2.45) is 0 Å². The Labute approximate surface area is 169 Å². The molecule has 156 valence electrons. The number of pyridine rings is 1. The second-order valence-corrected chi connectivity index (χ2v) is 7.71. The molecule has 0 spiro atoms. The molecule has 2 heterocycles. The number of nitrogens with zero attached hydrogens (tertiary/aromatic N) is 3. The average Bonchev–Trinajstić information content (AvgIpc) is 2.64. The van der Waals surface area contributed by atoms with Crippen LogP contribution in [0.25, 0.3) is 0 Å². The van der Waals surface area contributed by atoms with Gasteiger partial charge in [-0.3, -0.25) is 9.69 Å². The van der Waals surface area contributed by atoms with Crippen LogP contribution in [-0.4, -0.2) is 41.8 Å². The minimum absolute atomic E-state index is 0.0828. The maximum atomic E-state index is 12.7. The van der Waals surface area contributed by atoms with Gasteiger partial charge in [0.25, 0.3) is 0 Å². The van der Waals surface area contributed by atoms with Crippen LogP contribution in [0.2, 0.25) is 0 Å². The largest absolute Gasteiger partial charge is 0.417 e. The highest BCUT2D eigenvalue weighted by atomic mass is 19.4. The lowest BCUT2D eigenvalue weighted by molar-refractivity contribution is -0.137. The normalized spacial score (nSPS) is 15.6. The van der Waals surface area contributed by atoms with Gasteiger partial charge in [0.2, 0.25) is 0 Å². The molecule has 0 unspecified atom stereocenters. The Balaban J connectivity index is 1.68. The van der Waals surface area contributed by atoms with E-state index in [1.165, 1.54) is 17.2 Å². The molecule has 1 fully saturated rings. The molecule has 0 atom stereocenters. The van der Waals surface area contributed by atoms with Crippen molar-refractivity contribution in [2.45, 2.75) is 40.4 Å². The zero-order chi connectivity index (χ0) is 21.3.